The van der Waals surface area contributed by atoms with Crippen molar-refractivity contribution >= 4 is 122 Å². The number of rotatable bonds is 2. The molecule has 5 heterocycles. The summed E-state index contributed by atoms with van der Waals surface area (Å²) >= 11 is 5.86. The fourth-order valence-corrected chi connectivity index (χ4v) is 14.2. The Labute approximate surface area is 374 Å². The van der Waals surface area contributed by atoms with Gasteiger partial charge in [-0.2, -0.15) is 0 Å². The van der Waals surface area contributed by atoms with E-state index in [1.54, 1.807) is 0 Å². The van der Waals surface area contributed by atoms with Gasteiger partial charge in [-0.15, -0.1) is 11.3 Å². The zero-order valence-electron chi connectivity index (χ0n) is 35.6. The second-order valence-electron chi connectivity index (χ2n) is 19.3. The molecule has 2 aliphatic heterocycles. The molecule has 0 aliphatic carbocycles. The molecule has 298 valence electrons. The smallest absolute Gasteiger partial charge is 0.247 e. The normalized spacial score (nSPS) is 13.8. The van der Waals surface area contributed by atoms with Crippen LogP contribution in [0, 0.1) is 0 Å². The summed E-state index contributed by atoms with van der Waals surface area (Å²) in [6.45, 7) is 14.2. The van der Waals surface area contributed by atoms with Crippen molar-refractivity contribution in [1.29, 1.82) is 0 Å². The number of thiophene rings is 1. The lowest BCUT2D eigenvalue weighted by Gasteiger charge is -2.35. The van der Waals surface area contributed by atoms with Crippen molar-refractivity contribution in [1.82, 2.24) is 9.13 Å². The lowest BCUT2D eigenvalue weighted by atomic mass is 9.36. The largest absolute Gasteiger partial charge is 0.308 e. The van der Waals surface area contributed by atoms with Crippen molar-refractivity contribution in [3.8, 4) is 11.4 Å². The minimum Gasteiger partial charge on any atom is -0.308 e. The van der Waals surface area contributed by atoms with Gasteiger partial charge in [-0.05, 0) is 82.0 Å². The van der Waals surface area contributed by atoms with Crippen LogP contribution >= 0.6 is 34.9 Å². The van der Waals surface area contributed by atoms with Gasteiger partial charge in [0.25, 0.3) is 0 Å². The van der Waals surface area contributed by atoms with Crippen LogP contribution in [0.3, 0.4) is 0 Å². The number of hydrogen-bond acceptors (Lipinski definition) is 3. The zero-order valence-corrected chi connectivity index (χ0v) is 38.1. The van der Waals surface area contributed by atoms with Gasteiger partial charge in [0.2, 0.25) is 6.71 Å². The molecule has 0 unspecified atom stereocenters. The van der Waals surface area contributed by atoms with Gasteiger partial charge in [0.05, 0.1) is 22.1 Å². The molecule has 0 atom stereocenters. The minimum absolute atomic E-state index is 0.0531. The predicted octanol–water partition coefficient (Wildman–Crippen LogP) is 14.3. The average molecular weight is 851 g/mol. The first-order valence-corrected chi connectivity index (χ1v) is 24.2. The molecule has 0 saturated heterocycles. The average Bonchev–Trinajstić information content (AvgIpc) is 3.93. The van der Waals surface area contributed by atoms with Gasteiger partial charge >= 0.3 is 0 Å². The van der Waals surface area contributed by atoms with Gasteiger partial charge in [-0.3, -0.25) is 0 Å². The summed E-state index contributed by atoms with van der Waals surface area (Å²) in [7, 11) is 0. The van der Waals surface area contributed by atoms with E-state index in [0.29, 0.717) is 0 Å². The standard InChI is InChI=1S/C56H43BN2S3/c1-55(2,3)32-24-26-44-39(28-32)57-40-29-33(56(4,5)6)25-27-45(40)61-47-31-35(30-46(60-44)51(47)57)59-41-21-13-10-18-36(41)48-52-49(54-50(53(48)59)38-20-12-15-23-43(38)62-54)37-19-11-14-22-42(37)58(52)34-16-8-7-9-17-34/h7-31H,1-6H3. The summed E-state index contributed by atoms with van der Waals surface area (Å²) in [5, 5.41) is 7.86. The van der Waals surface area contributed by atoms with Crippen LogP contribution in [0.5, 0.6) is 0 Å². The molecule has 0 fully saturated rings. The quantitative estimate of drug-likeness (QED) is 0.160. The van der Waals surface area contributed by atoms with E-state index in [-0.39, 0.29) is 17.5 Å². The number of nitrogens with zero attached hydrogens (tertiary/aromatic N) is 2. The first-order chi connectivity index (χ1) is 30.0. The van der Waals surface area contributed by atoms with E-state index < -0.39 is 0 Å². The third kappa shape index (κ3) is 5.15. The monoisotopic (exact) mass is 850 g/mol. The SMILES string of the molecule is CC(C)(C)c1ccc2c(c1)B1c3cc(C(C)(C)C)ccc3Sc3cc(-n4c5ccccc5c5c6c(c7ccccc7n6-c6ccccc6)c6sc7ccccc7c6c54)cc(c31)S2. The Kier molecular flexibility index (Phi) is 7.72. The molecule has 0 amide bonds. The predicted molar refractivity (Wildman–Crippen MR) is 271 cm³/mol. The molecule has 0 spiro atoms. The van der Waals surface area contributed by atoms with Crippen LogP contribution in [0.15, 0.2) is 171 Å². The minimum atomic E-state index is 0.0531. The highest BCUT2D eigenvalue weighted by Crippen LogP contribution is 2.52. The maximum Gasteiger partial charge on any atom is 0.247 e. The van der Waals surface area contributed by atoms with E-state index in [4.69, 9.17) is 0 Å². The molecule has 6 heteroatoms. The Morgan fingerprint density at radius 2 is 0.919 bits per heavy atom. The molecule has 8 aromatic carbocycles. The molecule has 2 nitrogen and oxygen atoms in total. The first-order valence-electron chi connectivity index (χ1n) is 21.7. The second kappa shape index (κ2) is 13.0. The van der Waals surface area contributed by atoms with Crippen molar-refractivity contribution < 1.29 is 0 Å². The molecule has 0 bridgehead atoms. The Morgan fingerprint density at radius 1 is 0.435 bits per heavy atom. The molecule has 2 aliphatic rings. The van der Waals surface area contributed by atoms with Crippen LogP contribution in [0.25, 0.3) is 75.2 Å². The maximum atomic E-state index is 2.63. The number of benzene rings is 8. The Morgan fingerprint density at radius 3 is 1.50 bits per heavy atom. The maximum absolute atomic E-state index is 2.63. The summed E-state index contributed by atoms with van der Waals surface area (Å²) in [5.74, 6) is 0. The highest BCUT2D eigenvalue weighted by Gasteiger charge is 2.40. The number of fused-ring (bicyclic) bond motifs is 16. The van der Waals surface area contributed by atoms with Crippen molar-refractivity contribution in [2.45, 2.75) is 72.0 Å². The summed E-state index contributed by atoms with van der Waals surface area (Å²) in [6.07, 6.45) is 0. The molecule has 13 rings (SSSR count). The number of aromatic nitrogens is 2. The topological polar surface area (TPSA) is 9.86 Å². The van der Waals surface area contributed by atoms with E-state index in [9.17, 15) is 0 Å². The fourth-order valence-electron chi connectivity index (χ4n) is 10.5. The Balaban J connectivity index is 1.17. The van der Waals surface area contributed by atoms with Gasteiger partial charge in [0, 0.05) is 72.7 Å². The second-order valence-corrected chi connectivity index (χ2v) is 22.5. The van der Waals surface area contributed by atoms with Gasteiger partial charge < -0.3 is 9.13 Å². The summed E-state index contributed by atoms with van der Waals surface area (Å²) in [6, 6.07) is 57.9. The van der Waals surface area contributed by atoms with Crippen molar-refractivity contribution in [3.63, 3.8) is 0 Å². The Bertz CT molecular complexity index is 3640. The van der Waals surface area contributed by atoms with E-state index in [1.807, 2.05) is 34.9 Å². The number of para-hydroxylation sites is 3. The number of hydrogen-bond donors (Lipinski definition) is 0. The van der Waals surface area contributed by atoms with Crippen molar-refractivity contribution in [3.05, 3.63) is 163 Å². The van der Waals surface area contributed by atoms with Crippen molar-refractivity contribution in [2.24, 2.45) is 0 Å². The molecule has 0 saturated carbocycles. The molecule has 62 heavy (non-hydrogen) atoms. The van der Waals surface area contributed by atoms with Gasteiger partial charge in [0.1, 0.15) is 0 Å². The molecule has 0 radical (unpaired) electrons. The van der Waals surface area contributed by atoms with Crippen LogP contribution in [0.4, 0.5) is 0 Å². The van der Waals surface area contributed by atoms with E-state index >= 15 is 0 Å². The third-order valence-corrected chi connectivity index (χ3v) is 17.0. The fraction of sp³-hybridized carbons (Fsp3) is 0.143. The van der Waals surface area contributed by atoms with E-state index in [2.05, 4.69) is 202 Å². The molecular formula is C56H43BN2S3. The first kappa shape index (κ1) is 36.9. The summed E-state index contributed by atoms with van der Waals surface area (Å²) < 4.78 is 7.82. The van der Waals surface area contributed by atoms with Gasteiger partial charge in [0.15, 0.2) is 0 Å². The molecule has 3 aromatic heterocycles. The molecular weight excluding hydrogens is 808 g/mol. The molecule has 0 N–H and O–H groups in total. The van der Waals surface area contributed by atoms with Gasteiger partial charge in [-0.1, -0.05) is 173 Å². The Hall–Kier alpha value is -5.66. The highest BCUT2D eigenvalue weighted by atomic mass is 32.2. The van der Waals surface area contributed by atoms with Crippen LogP contribution in [0.2, 0.25) is 0 Å². The van der Waals surface area contributed by atoms with E-state index in [1.165, 1.54) is 122 Å². The lowest BCUT2D eigenvalue weighted by Crippen LogP contribution is -2.58. The zero-order chi connectivity index (χ0) is 41.8. The van der Waals surface area contributed by atoms with Crippen LogP contribution < -0.4 is 16.4 Å². The van der Waals surface area contributed by atoms with Crippen LogP contribution in [-0.4, -0.2) is 15.8 Å². The third-order valence-electron chi connectivity index (χ3n) is 13.5. The molecule has 11 aromatic rings. The summed E-state index contributed by atoms with van der Waals surface area (Å²) in [4.78, 5) is 5.43. The summed E-state index contributed by atoms with van der Waals surface area (Å²) in [5.41, 5.74) is 14.6. The lowest BCUT2D eigenvalue weighted by molar-refractivity contribution is 0.590. The van der Waals surface area contributed by atoms with Crippen LogP contribution in [0.1, 0.15) is 52.7 Å². The van der Waals surface area contributed by atoms with Crippen molar-refractivity contribution in [2.75, 3.05) is 0 Å². The highest BCUT2D eigenvalue weighted by molar-refractivity contribution is 8.01. The van der Waals surface area contributed by atoms with E-state index in [0.717, 1.165) is 0 Å². The van der Waals surface area contributed by atoms with Gasteiger partial charge in [-0.25, -0.2) is 0 Å². The van der Waals surface area contributed by atoms with Crippen LogP contribution in [-0.2, 0) is 10.8 Å².